The molecular weight excluding hydrogens is 430 g/mol. The highest BCUT2D eigenvalue weighted by atomic mass is 35.5. The molecule has 0 saturated carbocycles. The summed E-state index contributed by atoms with van der Waals surface area (Å²) in [4.78, 5) is 12.8. The molecule has 0 spiro atoms. The number of carbonyl (C=O) groups excluding carboxylic acids is 1. The van der Waals surface area contributed by atoms with Crippen LogP contribution in [0.25, 0.3) is 5.69 Å². The number of aromatic nitrogens is 2. The zero-order valence-electron chi connectivity index (χ0n) is 16.4. The Bertz CT molecular complexity index is 1220. The third-order valence-electron chi connectivity index (χ3n) is 4.95. The van der Waals surface area contributed by atoms with Crippen molar-refractivity contribution in [1.82, 2.24) is 9.78 Å². The average molecular weight is 448 g/mol. The Morgan fingerprint density at radius 1 is 0.935 bits per heavy atom. The number of ether oxygens (including phenoxy) is 1. The lowest BCUT2D eigenvalue weighted by atomic mass is 10.2. The normalized spacial score (nSPS) is 12.4. The molecular formula is C24H18ClN3O2S. The van der Waals surface area contributed by atoms with Gasteiger partial charge in [0.25, 0.3) is 5.91 Å². The lowest BCUT2D eigenvalue weighted by molar-refractivity contribution is 0.102. The van der Waals surface area contributed by atoms with Gasteiger partial charge in [0.2, 0.25) is 0 Å². The number of amides is 1. The van der Waals surface area contributed by atoms with Gasteiger partial charge in [-0.15, -0.1) is 0 Å². The van der Waals surface area contributed by atoms with Crippen molar-refractivity contribution in [3.05, 3.63) is 101 Å². The maximum Gasteiger partial charge on any atom is 0.256 e. The first-order valence-corrected chi connectivity index (χ1v) is 11.3. The van der Waals surface area contributed by atoms with Crippen molar-refractivity contribution < 1.29 is 9.53 Å². The second-order valence-corrected chi connectivity index (χ2v) is 8.47. The van der Waals surface area contributed by atoms with Gasteiger partial charge in [0.15, 0.2) is 0 Å². The standard InChI is InChI=1S/C24H18ClN3O2S/c25-17-8-6-16(7-9-17)24(29)26-23-21-14-31-15-22(21)27-28(23)18-10-12-20(13-11-18)30-19-4-2-1-3-5-19/h1-13H,14-15H2,(H,26,29). The van der Waals surface area contributed by atoms with Gasteiger partial charge >= 0.3 is 0 Å². The fourth-order valence-corrected chi connectivity index (χ4v) is 4.55. The number of para-hydroxylation sites is 1. The molecule has 5 nitrogen and oxygen atoms in total. The molecule has 0 unspecified atom stereocenters. The van der Waals surface area contributed by atoms with Gasteiger partial charge in [-0.05, 0) is 60.7 Å². The molecule has 4 aromatic rings. The Labute approximate surface area is 189 Å². The van der Waals surface area contributed by atoms with E-state index in [9.17, 15) is 4.79 Å². The van der Waals surface area contributed by atoms with Crippen molar-refractivity contribution in [1.29, 1.82) is 0 Å². The third-order valence-corrected chi connectivity index (χ3v) is 6.17. The lowest BCUT2D eigenvalue weighted by Gasteiger charge is -2.12. The fourth-order valence-electron chi connectivity index (χ4n) is 3.39. The van der Waals surface area contributed by atoms with Crippen molar-refractivity contribution >= 4 is 35.1 Å². The number of benzene rings is 3. The average Bonchev–Trinajstić information content (AvgIpc) is 3.38. The van der Waals surface area contributed by atoms with Gasteiger partial charge in [-0.25, -0.2) is 4.68 Å². The topological polar surface area (TPSA) is 56.2 Å². The van der Waals surface area contributed by atoms with Crippen LogP contribution in [-0.4, -0.2) is 15.7 Å². The molecule has 1 amide bonds. The molecule has 154 valence electrons. The van der Waals surface area contributed by atoms with Crippen LogP contribution in [0, 0.1) is 0 Å². The molecule has 0 fully saturated rings. The Hall–Kier alpha value is -3.22. The van der Waals surface area contributed by atoms with E-state index in [0.29, 0.717) is 16.4 Å². The molecule has 0 bridgehead atoms. The summed E-state index contributed by atoms with van der Waals surface area (Å²) in [7, 11) is 0. The molecule has 1 aromatic heterocycles. The van der Waals surface area contributed by atoms with Crippen molar-refractivity contribution in [3.63, 3.8) is 0 Å². The second-order valence-electron chi connectivity index (χ2n) is 7.05. The zero-order valence-corrected chi connectivity index (χ0v) is 18.0. The summed E-state index contributed by atoms with van der Waals surface area (Å²) in [5.41, 5.74) is 3.47. The van der Waals surface area contributed by atoms with Gasteiger partial charge in [0.05, 0.1) is 11.4 Å². The number of hydrogen-bond acceptors (Lipinski definition) is 4. The third kappa shape index (κ3) is 4.17. The highest BCUT2D eigenvalue weighted by molar-refractivity contribution is 7.98. The first kappa shape index (κ1) is 19.7. The summed E-state index contributed by atoms with van der Waals surface area (Å²) in [6.07, 6.45) is 0. The molecule has 0 saturated heterocycles. The predicted molar refractivity (Wildman–Crippen MR) is 124 cm³/mol. The molecule has 5 rings (SSSR count). The first-order chi connectivity index (χ1) is 15.2. The second kappa shape index (κ2) is 8.49. The minimum Gasteiger partial charge on any atom is -0.457 e. The minimum absolute atomic E-state index is 0.193. The van der Waals surface area contributed by atoms with Crippen LogP contribution >= 0.6 is 23.4 Å². The predicted octanol–water partition coefficient (Wildman–Crippen LogP) is 6.32. The van der Waals surface area contributed by atoms with E-state index in [1.165, 1.54) is 0 Å². The number of nitrogens with one attached hydrogen (secondary N) is 1. The number of fused-ring (bicyclic) bond motifs is 1. The van der Waals surface area contributed by atoms with Crippen molar-refractivity contribution in [2.45, 2.75) is 11.5 Å². The summed E-state index contributed by atoms with van der Waals surface area (Å²) in [5, 5.41) is 8.40. The van der Waals surface area contributed by atoms with Gasteiger partial charge in [-0.2, -0.15) is 16.9 Å². The number of anilines is 1. The smallest absolute Gasteiger partial charge is 0.256 e. The summed E-state index contributed by atoms with van der Waals surface area (Å²) in [5.74, 6) is 3.68. The van der Waals surface area contributed by atoms with Gasteiger partial charge in [0, 0.05) is 27.7 Å². The molecule has 1 aliphatic heterocycles. The van der Waals surface area contributed by atoms with Crippen LogP contribution in [0.15, 0.2) is 78.9 Å². The molecule has 1 aliphatic rings. The SMILES string of the molecule is O=C(Nc1c2c(nn1-c1ccc(Oc3ccccc3)cc1)CSC2)c1ccc(Cl)cc1. The van der Waals surface area contributed by atoms with Crippen LogP contribution < -0.4 is 10.1 Å². The Kier molecular flexibility index (Phi) is 5.40. The van der Waals surface area contributed by atoms with E-state index in [1.54, 1.807) is 40.7 Å². The van der Waals surface area contributed by atoms with Crippen LogP contribution in [0.1, 0.15) is 21.6 Å². The highest BCUT2D eigenvalue weighted by Crippen LogP contribution is 2.36. The van der Waals surface area contributed by atoms with E-state index >= 15 is 0 Å². The van der Waals surface area contributed by atoms with Crippen molar-refractivity contribution in [2.75, 3.05) is 5.32 Å². The molecule has 1 N–H and O–H groups in total. The molecule has 0 atom stereocenters. The van der Waals surface area contributed by atoms with Crippen LogP contribution in [0.5, 0.6) is 11.5 Å². The van der Waals surface area contributed by atoms with Gasteiger partial charge < -0.3 is 10.1 Å². The van der Waals surface area contributed by atoms with E-state index in [4.69, 9.17) is 21.4 Å². The first-order valence-electron chi connectivity index (χ1n) is 9.76. The van der Waals surface area contributed by atoms with Crippen molar-refractivity contribution in [3.8, 4) is 17.2 Å². The minimum atomic E-state index is -0.193. The van der Waals surface area contributed by atoms with E-state index in [2.05, 4.69) is 5.32 Å². The fraction of sp³-hybridized carbons (Fsp3) is 0.0833. The van der Waals surface area contributed by atoms with Crippen LogP contribution in [0.2, 0.25) is 5.02 Å². The number of hydrogen-bond donors (Lipinski definition) is 1. The Morgan fingerprint density at radius 3 is 2.39 bits per heavy atom. The Morgan fingerprint density at radius 2 is 1.65 bits per heavy atom. The summed E-state index contributed by atoms with van der Waals surface area (Å²) >= 11 is 7.74. The van der Waals surface area contributed by atoms with Gasteiger partial charge in [-0.1, -0.05) is 29.8 Å². The number of thioether (sulfide) groups is 1. The Balaban J connectivity index is 1.43. The largest absolute Gasteiger partial charge is 0.457 e. The molecule has 31 heavy (non-hydrogen) atoms. The highest BCUT2D eigenvalue weighted by Gasteiger charge is 2.25. The van der Waals surface area contributed by atoms with Crippen LogP contribution in [0.3, 0.4) is 0 Å². The van der Waals surface area contributed by atoms with Gasteiger partial charge in [0.1, 0.15) is 17.3 Å². The monoisotopic (exact) mass is 447 g/mol. The maximum absolute atomic E-state index is 12.8. The van der Waals surface area contributed by atoms with Crippen LogP contribution in [-0.2, 0) is 11.5 Å². The van der Waals surface area contributed by atoms with E-state index in [-0.39, 0.29) is 5.91 Å². The van der Waals surface area contributed by atoms with E-state index in [0.717, 1.165) is 39.9 Å². The summed E-state index contributed by atoms with van der Waals surface area (Å²) in [6.45, 7) is 0. The summed E-state index contributed by atoms with van der Waals surface area (Å²) < 4.78 is 7.68. The maximum atomic E-state index is 12.8. The number of carbonyl (C=O) groups is 1. The molecule has 7 heteroatoms. The number of halogens is 1. The quantitative estimate of drug-likeness (QED) is 0.389. The van der Waals surface area contributed by atoms with Gasteiger partial charge in [-0.3, -0.25) is 4.79 Å². The van der Waals surface area contributed by atoms with Crippen molar-refractivity contribution in [2.24, 2.45) is 0 Å². The zero-order chi connectivity index (χ0) is 21.2. The lowest BCUT2D eigenvalue weighted by Crippen LogP contribution is -2.16. The molecule has 0 aliphatic carbocycles. The molecule has 3 aromatic carbocycles. The molecule has 0 radical (unpaired) electrons. The van der Waals surface area contributed by atoms with E-state index in [1.807, 2.05) is 54.6 Å². The van der Waals surface area contributed by atoms with Crippen LogP contribution in [0.4, 0.5) is 5.82 Å². The molecule has 2 heterocycles. The summed E-state index contributed by atoms with van der Waals surface area (Å²) in [6, 6.07) is 24.1. The number of nitrogens with zero attached hydrogens (tertiary/aromatic N) is 2. The van der Waals surface area contributed by atoms with E-state index < -0.39 is 0 Å². The number of rotatable bonds is 5.